The molecule has 8 heteroatoms. The van der Waals surface area contributed by atoms with Crippen molar-refractivity contribution >= 4 is 34.2 Å². The summed E-state index contributed by atoms with van der Waals surface area (Å²) < 4.78 is 5.11. The Balaban J connectivity index is 1.59. The number of nitrogens with one attached hydrogen (secondary N) is 3. The van der Waals surface area contributed by atoms with Gasteiger partial charge < -0.3 is 20.4 Å². The second-order valence-corrected chi connectivity index (χ2v) is 8.34. The zero-order chi connectivity index (χ0) is 22.4. The summed E-state index contributed by atoms with van der Waals surface area (Å²) in [7, 11) is 1.75. The van der Waals surface area contributed by atoms with Crippen molar-refractivity contribution in [3.05, 3.63) is 51.1 Å². The lowest BCUT2D eigenvalue weighted by Crippen LogP contribution is -2.39. The van der Waals surface area contributed by atoms with Crippen molar-refractivity contribution in [1.82, 2.24) is 20.6 Å². The van der Waals surface area contributed by atoms with E-state index in [0.29, 0.717) is 23.1 Å². The number of para-hydroxylation sites is 1. The molecule has 1 atom stereocenters. The number of H-pyrrole nitrogens is 1. The number of hydrogen-bond acceptors (Lipinski definition) is 5. The fourth-order valence-corrected chi connectivity index (χ4v) is 4.51. The van der Waals surface area contributed by atoms with Crippen LogP contribution < -0.4 is 10.6 Å². The number of hydrogen-bond donors (Lipinski definition) is 3. The van der Waals surface area contributed by atoms with Crippen molar-refractivity contribution in [2.45, 2.75) is 46.6 Å². The second kappa shape index (κ2) is 10.4. The molecule has 0 spiro atoms. The van der Waals surface area contributed by atoms with Crippen molar-refractivity contribution in [2.75, 3.05) is 20.2 Å². The minimum Gasteiger partial charge on any atom is -0.462 e. The highest BCUT2D eigenvalue weighted by Gasteiger charge is 2.20. The van der Waals surface area contributed by atoms with Crippen LogP contribution in [0.3, 0.4) is 0 Å². The van der Waals surface area contributed by atoms with Crippen LogP contribution in [-0.4, -0.2) is 42.1 Å². The molecular weight excluding hydrogens is 410 g/mol. The van der Waals surface area contributed by atoms with E-state index in [1.165, 1.54) is 33.4 Å². The molecule has 0 amide bonds. The molecule has 0 saturated heterocycles. The number of ether oxygens (including phenoxy) is 1. The summed E-state index contributed by atoms with van der Waals surface area (Å²) in [5, 5.41) is 8.84. The van der Waals surface area contributed by atoms with Gasteiger partial charge in [-0.1, -0.05) is 25.1 Å². The molecule has 0 fully saturated rings. The van der Waals surface area contributed by atoms with Crippen LogP contribution in [0.25, 0.3) is 10.9 Å². The lowest BCUT2D eigenvalue weighted by Gasteiger charge is -2.16. The topological polar surface area (TPSA) is 91.4 Å². The molecule has 0 aliphatic rings. The third-order valence-electron chi connectivity index (χ3n) is 5.18. The van der Waals surface area contributed by atoms with Crippen molar-refractivity contribution in [1.29, 1.82) is 0 Å². The van der Waals surface area contributed by atoms with Gasteiger partial charge in [0.1, 0.15) is 9.88 Å². The Hall–Kier alpha value is -2.87. The first kappa shape index (κ1) is 22.8. The summed E-state index contributed by atoms with van der Waals surface area (Å²) in [4.78, 5) is 24.9. The molecule has 0 aliphatic heterocycles. The largest absolute Gasteiger partial charge is 0.462 e. The van der Waals surface area contributed by atoms with Crippen LogP contribution >= 0.6 is 11.3 Å². The summed E-state index contributed by atoms with van der Waals surface area (Å²) >= 11 is 1.36. The first-order valence-corrected chi connectivity index (χ1v) is 11.5. The number of fused-ring (bicyclic) bond motifs is 1. The standard InChI is InChI=1S/C23H31N5O2S/c1-6-16-9-8-10-18-17(13-26-19(16)18)11-12-25-23(24-5)28-15(4)21-27-14(3)20(31-21)22(29)30-7-2/h8-10,13,15,26H,6-7,11-12H2,1-5H3,(H2,24,25,28). The Morgan fingerprint density at radius 3 is 2.84 bits per heavy atom. The number of aryl methyl sites for hydroxylation is 2. The summed E-state index contributed by atoms with van der Waals surface area (Å²) in [5.74, 6) is 0.385. The molecule has 0 bridgehead atoms. The number of aliphatic imine (C=N–C) groups is 1. The van der Waals surface area contributed by atoms with Crippen molar-refractivity contribution in [2.24, 2.45) is 4.99 Å². The van der Waals surface area contributed by atoms with Crippen LogP contribution in [0.1, 0.15) is 58.3 Å². The number of nitrogens with zero attached hydrogens (tertiary/aromatic N) is 2. The van der Waals surface area contributed by atoms with E-state index < -0.39 is 0 Å². The molecular formula is C23H31N5O2S. The number of carbonyl (C=O) groups is 1. The average Bonchev–Trinajstić information content (AvgIpc) is 3.36. The van der Waals surface area contributed by atoms with Gasteiger partial charge in [-0.25, -0.2) is 9.78 Å². The summed E-state index contributed by atoms with van der Waals surface area (Å²) in [6.07, 6.45) is 3.99. The van der Waals surface area contributed by atoms with Gasteiger partial charge in [0.2, 0.25) is 0 Å². The fraction of sp³-hybridized carbons (Fsp3) is 0.435. The highest BCUT2D eigenvalue weighted by Crippen LogP contribution is 2.24. The highest BCUT2D eigenvalue weighted by atomic mass is 32.1. The average molecular weight is 442 g/mol. The third-order valence-corrected chi connectivity index (χ3v) is 6.50. The van der Waals surface area contributed by atoms with Gasteiger partial charge >= 0.3 is 5.97 Å². The summed E-state index contributed by atoms with van der Waals surface area (Å²) in [5.41, 5.74) is 4.55. The lowest BCUT2D eigenvalue weighted by molar-refractivity contribution is 0.0531. The van der Waals surface area contributed by atoms with E-state index in [-0.39, 0.29) is 12.0 Å². The van der Waals surface area contributed by atoms with Crippen LogP contribution in [-0.2, 0) is 17.6 Å². The first-order chi connectivity index (χ1) is 15.0. The highest BCUT2D eigenvalue weighted by molar-refractivity contribution is 7.13. The maximum atomic E-state index is 12.1. The minimum absolute atomic E-state index is 0.0849. The number of rotatable bonds is 8. The second-order valence-electron chi connectivity index (χ2n) is 7.31. The van der Waals surface area contributed by atoms with Crippen molar-refractivity contribution < 1.29 is 9.53 Å². The smallest absolute Gasteiger partial charge is 0.350 e. The Morgan fingerprint density at radius 2 is 2.13 bits per heavy atom. The number of thiazole rings is 1. The van der Waals surface area contributed by atoms with Crippen molar-refractivity contribution in [3.8, 4) is 0 Å². The minimum atomic E-state index is -0.316. The zero-order valence-corrected chi connectivity index (χ0v) is 19.7. The zero-order valence-electron chi connectivity index (χ0n) is 18.8. The molecule has 3 N–H and O–H groups in total. The lowest BCUT2D eigenvalue weighted by atomic mass is 10.1. The van der Waals surface area contributed by atoms with Crippen LogP contribution in [0.2, 0.25) is 0 Å². The van der Waals surface area contributed by atoms with Gasteiger partial charge in [-0.15, -0.1) is 11.3 Å². The van der Waals surface area contributed by atoms with Gasteiger partial charge in [-0.3, -0.25) is 4.99 Å². The maximum Gasteiger partial charge on any atom is 0.350 e. The van der Waals surface area contributed by atoms with Crippen LogP contribution in [0.5, 0.6) is 0 Å². The first-order valence-electron chi connectivity index (χ1n) is 10.7. The molecule has 7 nitrogen and oxygen atoms in total. The summed E-state index contributed by atoms with van der Waals surface area (Å²) in [6, 6.07) is 6.37. The third kappa shape index (κ3) is 5.25. The Bertz CT molecular complexity index is 1070. The van der Waals surface area contributed by atoms with Crippen molar-refractivity contribution in [3.63, 3.8) is 0 Å². The quantitative estimate of drug-likeness (QED) is 0.278. The molecule has 2 heterocycles. The molecule has 166 valence electrons. The molecule has 0 radical (unpaired) electrons. The van der Waals surface area contributed by atoms with E-state index in [1.54, 1.807) is 14.0 Å². The van der Waals surface area contributed by atoms with Crippen LogP contribution in [0.15, 0.2) is 29.4 Å². The normalized spacial score (nSPS) is 12.7. The monoisotopic (exact) mass is 441 g/mol. The number of carbonyl (C=O) groups excluding carboxylic acids is 1. The SMILES string of the molecule is CCOC(=O)c1sc(C(C)NC(=NC)NCCc2c[nH]c3c(CC)cccc23)nc1C. The molecule has 1 unspecified atom stereocenters. The van der Waals surface area contributed by atoms with Gasteiger partial charge in [-0.05, 0) is 44.7 Å². The molecule has 3 aromatic rings. The molecule has 0 saturated carbocycles. The van der Waals surface area contributed by atoms with Gasteiger partial charge in [0.25, 0.3) is 0 Å². The van der Waals surface area contributed by atoms with E-state index in [2.05, 4.69) is 56.9 Å². The Kier molecular flexibility index (Phi) is 7.68. The molecule has 1 aromatic carbocycles. The number of esters is 1. The predicted molar refractivity (Wildman–Crippen MR) is 127 cm³/mol. The molecule has 0 aliphatic carbocycles. The molecule has 31 heavy (non-hydrogen) atoms. The van der Waals surface area contributed by atoms with E-state index in [4.69, 9.17) is 4.74 Å². The van der Waals surface area contributed by atoms with E-state index in [9.17, 15) is 4.79 Å². The van der Waals surface area contributed by atoms with E-state index >= 15 is 0 Å². The van der Waals surface area contributed by atoms with Gasteiger partial charge in [-0.2, -0.15) is 0 Å². The van der Waals surface area contributed by atoms with E-state index in [1.807, 2.05) is 13.8 Å². The van der Waals surface area contributed by atoms with Gasteiger partial charge in [0, 0.05) is 30.7 Å². The summed E-state index contributed by atoms with van der Waals surface area (Å²) in [6.45, 7) is 8.91. The predicted octanol–water partition coefficient (Wildman–Crippen LogP) is 4.14. The number of aromatic amines is 1. The maximum absolute atomic E-state index is 12.1. The van der Waals surface area contributed by atoms with Crippen LogP contribution in [0, 0.1) is 6.92 Å². The molecule has 2 aromatic heterocycles. The van der Waals surface area contributed by atoms with Gasteiger partial charge in [0.05, 0.1) is 18.3 Å². The number of aromatic nitrogens is 2. The van der Waals surface area contributed by atoms with Gasteiger partial charge in [0.15, 0.2) is 5.96 Å². The Labute approximate surface area is 187 Å². The number of benzene rings is 1. The van der Waals surface area contributed by atoms with E-state index in [0.717, 1.165) is 24.4 Å². The number of guanidine groups is 1. The molecule has 3 rings (SSSR count). The Morgan fingerprint density at radius 1 is 1.32 bits per heavy atom. The fourth-order valence-electron chi connectivity index (χ4n) is 3.54. The van der Waals surface area contributed by atoms with Crippen LogP contribution in [0.4, 0.5) is 0 Å².